The molecule has 0 saturated carbocycles. The van der Waals surface area contributed by atoms with Crippen LogP contribution in [0.3, 0.4) is 0 Å². The molecule has 0 fully saturated rings. The highest BCUT2D eigenvalue weighted by atomic mass is 35.5. The van der Waals surface area contributed by atoms with E-state index in [-0.39, 0.29) is 0 Å². The molecule has 0 spiro atoms. The Bertz CT molecular complexity index is 733. The number of nitrogen functional groups attached to an aromatic ring is 1. The summed E-state index contributed by atoms with van der Waals surface area (Å²) in [6.45, 7) is 0. The minimum absolute atomic E-state index is 0.317. The summed E-state index contributed by atoms with van der Waals surface area (Å²) in [6.07, 6.45) is 0. The van der Waals surface area contributed by atoms with Crippen LogP contribution < -0.4 is 5.73 Å². The third-order valence-electron chi connectivity index (χ3n) is 2.88. The summed E-state index contributed by atoms with van der Waals surface area (Å²) < 4.78 is 1.76. The van der Waals surface area contributed by atoms with Gasteiger partial charge in [-0.25, -0.2) is 0 Å². The Kier molecular flexibility index (Phi) is 3.34. The topological polar surface area (TPSA) is 56.7 Å². The Morgan fingerprint density at radius 2 is 1.35 bits per heavy atom. The molecule has 1 heterocycles. The maximum atomic E-state index is 5.91. The van der Waals surface area contributed by atoms with Gasteiger partial charge in [-0.1, -0.05) is 23.2 Å². The van der Waals surface area contributed by atoms with Crippen LogP contribution in [0, 0.1) is 0 Å². The molecule has 2 N–H and O–H groups in total. The van der Waals surface area contributed by atoms with E-state index < -0.39 is 0 Å². The zero-order valence-corrected chi connectivity index (χ0v) is 11.8. The molecule has 6 heteroatoms. The van der Waals surface area contributed by atoms with Crippen molar-refractivity contribution in [1.82, 2.24) is 14.8 Å². The molecule has 0 unspecified atom stereocenters. The monoisotopic (exact) mass is 304 g/mol. The number of aromatic nitrogens is 3. The average molecular weight is 305 g/mol. The van der Waals surface area contributed by atoms with Gasteiger partial charge in [0.05, 0.1) is 5.69 Å². The first-order valence-corrected chi connectivity index (χ1v) is 6.63. The minimum atomic E-state index is 0.317. The fourth-order valence-electron chi connectivity index (χ4n) is 1.93. The molecule has 4 nitrogen and oxygen atoms in total. The molecule has 0 radical (unpaired) electrons. The van der Waals surface area contributed by atoms with Gasteiger partial charge in [0.25, 0.3) is 0 Å². The van der Waals surface area contributed by atoms with Crippen LogP contribution in [0.15, 0.2) is 48.5 Å². The van der Waals surface area contributed by atoms with Gasteiger partial charge in [-0.15, -0.1) is 10.2 Å². The van der Waals surface area contributed by atoms with Gasteiger partial charge in [0.1, 0.15) is 0 Å². The van der Waals surface area contributed by atoms with Crippen molar-refractivity contribution in [1.29, 1.82) is 0 Å². The van der Waals surface area contributed by atoms with E-state index >= 15 is 0 Å². The molecular formula is C14H10Cl2N4. The second-order valence-corrected chi connectivity index (χ2v) is 5.07. The van der Waals surface area contributed by atoms with E-state index in [0.717, 1.165) is 11.3 Å². The predicted molar refractivity (Wildman–Crippen MR) is 81.2 cm³/mol. The number of nitrogens with two attached hydrogens (primary N) is 1. The number of hydrogen-bond donors (Lipinski definition) is 1. The summed E-state index contributed by atoms with van der Waals surface area (Å²) in [7, 11) is 0. The molecule has 20 heavy (non-hydrogen) atoms. The number of nitrogens with zero attached hydrogens (tertiary/aromatic N) is 3. The Balaban J connectivity index is 2.14. The zero-order valence-electron chi connectivity index (χ0n) is 10.3. The SMILES string of the molecule is Nc1nnc(-c2ccc(Cl)cc2)n1-c1ccc(Cl)cc1. The second-order valence-electron chi connectivity index (χ2n) is 4.20. The fraction of sp³-hybridized carbons (Fsp3) is 0. The summed E-state index contributed by atoms with van der Waals surface area (Å²) in [4.78, 5) is 0. The molecule has 0 bridgehead atoms. The normalized spacial score (nSPS) is 10.7. The van der Waals surface area contributed by atoms with Crippen molar-refractivity contribution in [3.05, 3.63) is 58.6 Å². The molecule has 0 aliphatic carbocycles. The summed E-state index contributed by atoms with van der Waals surface area (Å²) in [6, 6.07) is 14.7. The summed E-state index contributed by atoms with van der Waals surface area (Å²) in [5.41, 5.74) is 7.64. The van der Waals surface area contributed by atoms with Crippen LogP contribution >= 0.6 is 23.2 Å². The van der Waals surface area contributed by atoms with Gasteiger partial charge in [-0.2, -0.15) is 0 Å². The van der Waals surface area contributed by atoms with E-state index in [4.69, 9.17) is 28.9 Å². The smallest absolute Gasteiger partial charge is 0.226 e. The van der Waals surface area contributed by atoms with E-state index in [1.54, 1.807) is 28.8 Å². The van der Waals surface area contributed by atoms with Crippen molar-refractivity contribution in [3.8, 4) is 17.1 Å². The standard InChI is InChI=1S/C14H10Cl2N4/c15-10-3-1-9(2-4-10)13-18-19-14(17)20(13)12-7-5-11(16)6-8-12/h1-8H,(H2,17,19). The molecule has 0 saturated heterocycles. The van der Waals surface area contributed by atoms with Crippen molar-refractivity contribution in [3.63, 3.8) is 0 Å². The van der Waals surface area contributed by atoms with Gasteiger partial charge in [0, 0.05) is 15.6 Å². The molecule has 0 aliphatic rings. The highest BCUT2D eigenvalue weighted by molar-refractivity contribution is 6.30. The molecular weight excluding hydrogens is 295 g/mol. The van der Waals surface area contributed by atoms with Crippen LogP contribution in [-0.2, 0) is 0 Å². The van der Waals surface area contributed by atoms with E-state index in [1.807, 2.05) is 24.3 Å². The zero-order chi connectivity index (χ0) is 14.1. The lowest BCUT2D eigenvalue weighted by Gasteiger charge is -2.08. The van der Waals surface area contributed by atoms with Crippen LogP contribution in [0.1, 0.15) is 0 Å². The number of halogens is 2. The lowest BCUT2D eigenvalue weighted by molar-refractivity contribution is 1.08. The summed E-state index contributed by atoms with van der Waals surface area (Å²) in [5, 5.41) is 9.39. The first kappa shape index (κ1) is 13.0. The van der Waals surface area contributed by atoms with E-state index in [2.05, 4.69) is 10.2 Å². The number of benzene rings is 2. The van der Waals surface area contributed by atoms with Crippen LogP contribution in [-0.4, -0.2) is 14.8 Å². The van der Waals surface area contributed by atoms with E-state index in [9.17, 15) is 0 Å². The van der Waals surface area contributed by atoms with Crippen LogP contribution in [0.4, 0.5) is 5.95 Å². The third-order valence-corrected chi connectivity index (χ3v) is 3.38. The molecule has 1 aromatic heterocycles. The van der Waals surface area contributed by atoms with Crippen molar-refractivity contribution in [2.24, 2.45) is 0 Å². The Labute approximate surface area is 125 Å². The van der Waals surface area contributed by atoms with Crippen LogP contribution in [0.2, 0.25) is 10.0 Å². The largest absolute Gasteiger partial charge is 0.368 e. The van der Waals surface area contributed by atoms with E-state index in [0.29, 0.717) is 21.8 Å². The first-order valence-electron chi connectivity index (χ1n) is 5.88. The van der Waals surface area contributed by atoms with Crippen molar-refractivity contribution < 1.29 is 0 Å². The minimum Gasteiger partial charge on any atom is -0.368 e. The third kappa shape index (κ3) is 2.35. The predicted octanol–water partition coefficient (Wildman–Crippen LogP) is 3.82. The fourth-order valence-corrected chi connectivity index (χ4v) is 2.18. The summed E-state index contributed by atoms with van der Waals surface area (Å²) in [5.74, 6) is 0.971. The molecule has 0 aliphatic heterocycles. The number of anilines is 1. The van der Waals surface area contributed by atoms with Crippen molar-refractivity contribution >= 4 is 29.2 Å². The van der Waals surface area contributed by atoms with Crippen LogP contribution in [0.25, 0.3) is 17.1 Å². The molecule has 3 aromatic rings. The Hall–Kier alpha value is -2.04. The Morgan fingerprint density at radius 3 is 1.95 bits per heavy atom. The molecule has 0 atom stereocenters. The van der Waals surface area contributed by atoms with E-state index in [1.165, 1.54) is 0 Å². The average Bonchev–Trinajstić information content (AvgIpc) is 2.83. The van der Waals surface area contributed by atoms with Gasteiger partial charge in [-0.05, 0) is 48.5 Å². The highest BCUT2D eigenvalue weighted by Crippen LogP contribution is 2.25. The van der Waals surface area contributed by atoms with Gasteiger partial charge in [-0.3, -0.25) is 4.57 Å². The maximum Gasteiger partial charge on any atom is 0.226 e. The van der Waals surface area contributed by atoms with Gasteiger partial charge in [0.15, 0.2) is 5.82 Å². The molecule has 3 rings (SSSR count). The maximum absolute atomic E-state index is 5.91. The Morgan fingerprint density at radius 1 is 0.800 bits per heavy atom. The van der Waals surface area contributed by atoms with Crippen molar-refractivity contribution in [2.75, 3.05) is 5.73 Å². The summed E-state index contributed by atoms with van der Waals surface area (Å²) >= 11 is 11.8. The second kappa shape index (κ2) is 5.15. The molecule has 100 valence electrons. The van der Waals surface area contributed by atoms with Crippen LogP contribution in [0.5, 0.6) is 0 Å². The number of rotatable bonds is 2. The van der Waals surface area contributed by atoms with Gasteiger partial charge >= 0.3 is 0 Å². The quantitative estimate of drug-likeness (QED) is 0.783. The molecule has 2 aromatic carbocycles. The van der Waals surface area contributed by atoms with Crippen molar-refractivity contribution in [2.45, 2.75) is 0 Å². The lowest BCUT2D eigenvalue weighted by Crippen LogP contribution is -2.02. The first-order chi connectivity index (χ1) is 9.65. The lowest BCUT2D eigenvalue weighted by atomic mass is 10.2. The van der Waals surface area contributed by atoms with Gasteiger partial charge < -0.3 is 5.73 Å². The molecule has 0 amide bonds. The number of hydrogen-bond acceptors (Lipinski definition) is 3. The van der Waals surface area contributed by atoms with Gasteiger partial charge in [0.2, 0.25) is 5.95 Å². The highest BCUT2D eigenvalue weighted by Gasteiger charge is 2.13.